The Morgan fingerprint density at radius 1 is 1.47 bits per heavy atom. The lowest BCUT2D eigenvalue weighted by Gasteiger charge is -2.09. The van der Waals surface area contributed by atoms with Crippen molar-refractivity contribution in [1.29, 1.82) is 0 Å². The van der Waals surface area contributed by atoms with Crippen LogP contribution in [-0.4, -0.2) is 27.4 Å². The summed E-state index contributed by atoms with van der Waals surface area (Å²) in [6.45, 7) is 0. The lowest BCUT2D eigenvalue weighted by molar-refractivity contribution is -0.122. The second kappa shape index (κ2) is 5.50. The number of carbonyl (C=O) groups excluding carboxylic acids is 3. The Morgan fingerprint density at radius 3 is 2.84 bits per heavy atom. The highest BCUT2D eigenvalue weighted by Crippen LogP contribution is 2.28. The van der Waals surface area contributed by atoms with E-state index in [4.69, 9.17) is 11.6 Å². The van der Waals surface area contributed by atoms with Crippen LogP contribution in [0.3, 0.4) is 0 Å². The van der Waals surface area contributed by atoms with E-state index in [2.05, 4.69) is 10.6 Å². The number of halogens is 1. The summed E-state index contributed by atoms with van der Waals surface area (Å²) in [6, 6.07) is 4.21. The van der Waals surface area contributed by atoms with Crippen molar-refractivity contribution in [3.8, 4) is 5.75 Å². The molecule has 1 aromatic carbocycles. The fourth-order valence-corrected chi connectivity index (χ4v) is 2.50. The molecule has 1 aliphatic heterocycles. The van der Waals surface area contributed by atoms with E-state index in [9.17, 15) is 19.5 Å². The zero-order valence-corrected chi connectivity index (χ0v) is 11.0. The number of aromatic hydroxyl groups is 1. The molecule has 1 saturated heterocycles. The van der Waals surface area contributed by atoms with Gasteiger partial charge in [-0.1, -0.05) is 23.4 Å². The Labute approximate surface area is 117 Å². The monoisotopic (exact) mass is 300 g/mol. The Morgan fingerprint density at radius 2 is 2.21 bits per heavy atom. The molecule has 8 heteroatoms. The van der Waals surface area contributed by atoms with Crippen LogP contribution in [0.2, 0.25) is 5.02 Å². The average molecular weight is 301 g/mol. The van der Waals surface area contributed by atoms with Crippen molar-refractivity contribution in [2.45, 2.75) is 11.7 Å². The smallest absolute Gasteiger partial charge is 0.286 e. The normalized spacial score (nSPS) is 18.3. The first-order valence-corrected chi connectivity index (χ1v) is 6.51. The molecule has 1 unspecified atom stereocenters. The van der Waals surface area contributed by atoms with E-state index < -0.39 is 22.3 Å². The van der Waals surface area contributed by atoms with Gasteiger partial charge in [-0.05, 0) is 18.2 Å². The molecular formula is C11H9ClN2O4S. The first kappa shape index (κ1) is 13.7. The van der Waals surface area contributed by atoms with Gasteiger partial charge in [0.15, 0.2) is 0 Å². The summed E-state index contributed by atoms with van der Waals surface area (Å²) < 4.78 is 0. The SMILES string of the molecule is O=C(CC1SC(=O)NC1=O)Nc1cc(Cl)ccc1O. The molecule has 6 nitrogen and oxygen atoms in total. The summed E-state index contributed by atoms with van der Waals surface area (Å²) in [5.74, 6) is -1.10. The number of nitrogens with one attached hydrogen (secondary N) is 2. The predicted molar refractivity (Wildman–Crippen MR) is 71.3 cm³/mol. The van der Waals surface area contributed by atoms with Gasteiger partial charge in [0.05, 0.1) is 5.69 Å². The van der Waals surface area contributed by atoms with Gasteiger partial charge in [0.25, 0.3) is 5.24 Å². The van der Waals surface area contributed by atoms with E-state index in [1.165, 1.54) is 18.2 Å². The fraction of sp³-hybridized carbons (Fsp3) is 0.182. The quantitative estimate of drug-likeness (QED) is 0.739. The predicted octanol–water partition coefficient (Wildman–Crippen LogP) is 1.73. The largest absolute Gasteiger partial charge is 0.506 e. The van der Waals surface area contributed by atoms with Gasteiger partial charge in [0.2, 0.25) is 11.8 Å². The summed E-state index contributed by atoms with van der Waals surface area (Å²) in [5.41, 5.74) is 0.159. The van der Waals surface area contributed by atoms with Crippen molar-refractivity contribution in [3.63, 3.8) is 0 Å². The average Bonchev–Trinajstić information content (AvgIpc) is 2.62. The van der Waals surface area contributed by atoms with Crippen LogP contribution in [-0.2, 0) is 9.59 Å². The van der Waals surface area contributed by atoms with Crippen LogP contribution in [0.5, 0.6) is 5.75 Å². The molecule has 1 fully saturated rings. The maximum Gasteiger partial charge on any atom is 0.286 e. The fourth-order valence-electron chi connectivity index (χ4n) is 1.51. The highest BCUT2D eigenvalue weighted by molar-refractivity contribution is 8.15. The van der Waals surface area contributed by atoms with Crippen molar-refractivity contribution in [3.05, 3.63) is 23.2 Å². The van der Waals surface area contributed by atoms with Crippen LogP contribution in [0, 0.1) is 0 Å². The highest BCUT2D eigenvalue weighted by atomic mass is 35.5. The van der Waals surface area contributed by atoms with Gasteiger partial charge in [-0.25, -0.2) is 0 Å². The number of hydrogen-bond donors (Lipinski definition) is 3. The molecule has 100 valence electrons. The minimum Gasteiger partial charge on any atom is -0.506 e. The maximum atomic E-state index is 11.7. The second-order valence-corrected chi connectivity index (χ2v) is 5.41. The molecule has 2 rings (SSSR count). The molecule has 3 N–H and O–H groups in total. The molecule has 1 atom stereocenters. The minimum atomic E-state index is -0.742. The zero-order valence-electron chi connectivity index (χ0n) is 9.47. The molecule has 0 bridgehead atoms. The van der Waals surface area contributed by atoms with Crippen LogP contribution < -0.4 is 10.6 Å². The number of carbonyl (C=O) groups is 3. The van der Waals surface area contributed by atoms with E-state index in [0.717, 1.165) is 11.8 Å². The number of thioether (sulfide) groups is 1. The first-order chi connectivity index (χ1) is 8.95. The molecule has 0 aromatic heterocycles. The first-order valence-electron chi connectivity index (χ1n) is 5.25. The van der Waals surface area contributed by atoms with Crippen molar-refractivity contribution in [2.24, 2.45) is 0 Å². The molecule has 3 amide bonds. The van der Waals surface area contributed by atoms with Crippen molar-refractivity contribution in [2.75, 3.05) is 5.32 Å². The molecular weight excluding hydrogens is 292 g/mol. The van der Waals surface area contributed by atoms with Gasteiger partial charge in [-0.15, -0.1) is 0 Å². The Hall–Kier alpha value is -1.73. The van der Waals surface area contributed by atoms with Gasteiger partial charge < -0.3 is 10.4 Å². The van der Waals surface area contributed by atoms with Crippen molar-refractivity contribution in [1.82, 2.24) is 5.32 Å². The molecule has 0 saturated carbocycles. The van der Waals surface area contributed by atoms with Crippen LogP contribution in [0.1, 0.15) is 6.42 Å². The van der Waals surface area contributed by atoms with Crippen LogP contribution in [0.15, 0.2) is 18.2 Å². The third kappa shape index (κ3) is 3.39. The number of amides is 3. The second-order valence-electron chi connectivity index (χ2n) is 3.80. The van der Waals surface area contributed by atoms with Gasteiger partial charge in [0.1, 0.15) is 11.0 Å². The molecule has 19 heavy (non-hydrogen) atoms. The van der Waals surface area contributed by atoms with Crippen LogP contribution >= 0.6 is 23.4 Å². The summed E-state index contributed by atoms with van der Waals surface area (Å²) in [6.07, 6.45) is -0.159. The van der Waals surface area contributed by atoms with Crippen LogP contribution in [0.25, 0.3) is 0 Å². The lowest BCUT2D eigenvalue weighted by atomic mass is 10.2. The van der Waals surface area contributed by atoms with E-state index >= 15 is 0 Å². The Bertz CT molecular complexity index is 564. The van der Waals surface area contributed by atoms with Crippen LogP contribution in [0.4, 0.5) is 10.5 Å². The topological polar surface area (TPSA) is 95.5 Å². The van der Waals surface area contributed by atoms with E-state index in [-0.39, 0.29) is 17.9 Å². The van der Waals surface area contributed by atoms with Crippen molar-refractivity contribution >= 4 is 46.1 Å². The molecule has 1 heterocycles. The van der Waals surface area contributed by atoms with Crippen molar-refractivity contribution < 1.29 is 19.5 Å². The van der Waals surface area contributed by atoms with Gasteiger partial charge in [-0.2, -0.15) is 0 Å². The molecule has 0 radical (unpaired) electrons. The number of imide groups is 1. The zero-order chi connectivity index (χ0) is 14.0. The Balaban J connectivity index is 2.00. The number of phenols is 1. The summed E-state index contributed by atoms with van der Waals surface area (Å²) >= 11 is 6.51. The molecule has 1 aromatic rings. The maximum absolute atomic E-state index is 11.7. The number of hydrogen-bond acceptors (Lipinski definition) is 5. The summed E-state index contributed by atoms with van der Waals surface area (Å²) in [5, 5.41) is 13.2. The van der Waals surface area contributed by atoms with E-state index in [0.29, 0.717) is 5.02 Å². The molecule has 1 aliphatic rings. The van der Waals surface area contributed by atoms with Gasteiger partial charge in [-0.3, -0.25) is 19.7 Å². The third-order valence-corrected chi connectivity index (χ3v) is 3.59. The minimum absolute atomic E-state index is 0.127. The Kier molecular flexibility index (Phi) is 3.96. The number of benzene rings is 1. The summed E-state index contributed by atoms with van der Waals surface area (Å²) in [7, 11) is 0. The number of anilines is 1. The standard InChI is InChI=1S/C11H9ClN2O4S/c12-5-1-2-7(15)6(3-5)13-9(16)4-8-10(17)14-11(18)19-8/h1-3,8,15H,4H2,(H,13,16)(H,14,17,18). The summed E-state index contributed by atoms with van der Waals surface area (Å²) in [4.78, 5) is 33.9. The van der Waals surface area contributed by atoms with Gasteiger partial charge in [0, 0.05) is 11.4 Å². The van der Waals surface area contributed by atoms with E-state index in [1.807, 2.05) is 0 Å². The molecule has 0 aliphatic carbocycles. The lowest BCUT2D eigenvalue weighted by Crippen LogP contribution is -2.27. The number of phenolic OH excluding ortho intramolecular Hbond substituents is 1. The van der Waals surface area contributed by atoms with E-state index in [1.54, 1.807) is 0 Å². The number of rotatable bonds is 3. The van der Waals surface area contributed by atoms with Gasteiger partial charge >= 0.3 is 0 Å². The molecule has 0 spiro atoms. The third-order valence-electron chi connectivity index (χ3n) is 2.37. The highest BCUT2D eigenvalue weighted by Gasteiger charge is 2.33.